The van der Waals surface area contributed by atoms with E-state index in [0.29, 0.717) is 46.6 Å². The Balaban J connectivity index is 1.28. The van der Waals surface area contributed by atoms with Crippen LogP contribution in [0.3, 0.4) is 0 Å². The van der Waals surface area contributed by atoms with Crippen LogP contribution >= 0.6 is 0 Å². The molecule has 1 fully saturated rings. The molecule has 1 aliphatic rings. The molecule has 0 N–H and O–H groups in total. The van der Waals surface area contributed by atoms with E-state index in [-0.39, 0.29) is 11.7 Å². The van der Waals surface area contributed by atoms with Crippen molar-refractivity contribution in [1.29, 1.82) is 0 Å². The molecular weight excluding hydrogens is 375 g/mol. The number of aryl methyl sites for hydroxylation is 3. The molecule has 0 unspecified atom stereocenters. The van der Waals surface area contributed by atoms with Gasteiger partial charge in [0.1, 0.15) is 17.1 Å². The van der Waals surface area contributed by atoms with Crippen LogP contribution in [-0.4, -0.2) is 39.2 Å². The molecule has 1 aromatic carbocycles. The lowest BCUT2D eigenvalue weighted by molar-refractivity contribution is 0.0684. The maximum atomic E-state index is 13.0. The molecule has 152 valence electrons. The van der Waals surface area contributed by atoms with Crippen LogP contribution in [0, 0.1) is 25.6 Å². The maximum absolute atomic E-state index is 13.0. The first-order valence-corrected chi connectivity index (χ1v) is 9.82. The van der Waals surface area contributed by atoms with Gasteiger partial charge < -0.3 is 13.9 Å². The third-order valence-electron chi connectivity index (χ3n) is 5.48. The second-order valence-electron chi connectivity index (χ2n) is 7.50. The predicted molar refractivity (Wildman–Crippen MR) is 103 cm³/mol. The van der Waals surface area contributed by atoms with Gasteiger partial charge in [-0.25, -0.2) is 4.39 Å². The molecule has 7 nitrogen and oxygen atoms in total. The predicted octanol–water partition coefficient (Wildman–Crippen LogP) is 3.97. The van der Waals surface area contributed by atoms with Gasteiger partial charge in [0.15, 0.2) is 5.82 Å². The highest BCUT2D eigenvalue weighted by atomic mass is 19.1. The van der Waals surface area contributed by atoms with Gasteiger partial charge in [-0.15, -0.1) is 0 Å². The Labute approximate surface area is 167 Å². The molecule has 0 bridgehead atoms. The summed E-state index contributed by atoms with van der Waals surface area (Å²) in [6.45, 7) is 5.01. The maximum Gasteiger partial charge on any atom is 0.259 e. The van der Waals surface area contributed by atoms with Crippen molar-refractivity contribution in [2.75, 3.05) is 13.1 Å². The van der Waals surface area contributed by atoms with Crippen LogP contribution in [0.25, 0.3) is 11.5 Å². The average molecular weight is 398 g/mol. The van der Waals surface area contributed by atoms with Crippen molar-refractivity contribution < 1.29 is 18.2 Å². The van der Waals surface area contributed by atoms with Gasteiger partial charge in [0.2, 0.25) is 0 Å². The number of halogens is 1. The molecule has 1 saturated heterocycles. The van der Waals surface area contributed by atoms with E-state index in [4.69, 9.17) is 9.05 Å². The standard InChI is InChI=1S/C21H23FN4O3/c1-13-19(14(2)28-24-13)21(27)26-11-9-15(10-12-26)3-8-18-23-20(29-25-18)16-4-6-17(22)7-5-16/h4-7,15H,3,8-12H2,1-2H3. The average Bonchev–Trinajstić information content (AvgIpc) is 3.33. The Morgan fingerprint density at radius 2 is 1.86 bits per heavy atom. The summed E-state index contributed by atoms with van der Waals surface area (Å²) in [5.74, 6) is 1.84. The summed E-state index contributed by atoms with van der Waals surface area (Å²) < 4.78 is 23.4. The number of piperidine rings is 1. The van der Waals surface area contributed by atoms with Crippen LogP contribution in [0.15, 0.2) is 33.3 Å². The Bertz CT molecular complexity index is 968. The molecule has 0 spiro atoms. The van der Waals surface area contributed by atoms with Crippen LogP contribution in [-0.2, 0) is 6.42 Å². The lowest BCUT2D eigenvalue weighted by Gasteiger charge is -2.31. The Kier molecular flexibility index (Phi) is 5.42. The Hall–Kier alpha value is -3.03. The molecule has 0 aliphatic carbocycles. The van der Waals surface area contributed by atoms with E-state index in [2.05, 4.69) is 15.3 Å². The molecule has 3 heterocycles. The lowest BCUT2D eigenvalue weighted by Crippen LogP contribution is -2.39. The van der Waals surface area contributed by atoms with E-state index >= 15 is 0 Å². The topological polar surface area (TPSA) is 85.3 Å². The molecule has 29 heavy (non-hydrogen) atoms. The van der Waals surface area contributed by atoms with Crippen LogP contribution in [0.1, 0.15) is 46.9 Å². The fourth-order valence-corrected chi connectivity index (χ4v) is 3.77. The van der Waals surface area contributed by atoms with Crippen molar-refractivity contribution in [3.05, 3.63) is 52.9 Å². The number of aromatic nitrogens is 3. The van der Waals surface area contributed by atoms with Gasteiger partial charge in [-0.1, -0.05) is 10.3 Å². The fourth-order valence-electron chi connectivity index (χ4n) is 3.77. The monoisotopic (exact) mass is 398 g/mol. The molecule has 1 amide bonds. The molecular formula is C21H23FN4O3. The van der Waals surface area contributed by atoms with E-state index in [1.807, 2.05) is 4.90 Å². The largest absolute Gasteiger partial charge is 0.361 e. The summed E-state index contributed by atoms with van der Waals surface area (Å²) >= 11 is 0. The van der Waals surface area contributed by atoms with Crippen molar-refractivity contribution in [1.82, 2.24) is 20.2 Å². The van der Waals surface area contributed by atoms with E-state index < -0.39 is 0 Å². The summed E-state index contributed by atoms with van der Waals surface area (Å²) in [5, 5.41) is 7.91. The van der Waals surface area contributed by atoms with Crippen molar-refractivity contribution in [2.24, 2.45) is 5.92 Å². The number of nitrogens with zero attached hydrogens (tertiary/aromatic N) is 4. The number of hydrogen-bond donors (Lipinski definition) is 0. The zero-order chi connectivity index (χ0) is 20.4. The summed E-state index contributed by atoms with van der Waals surface area (Å²) in [6, 6.07) is 5.99. The van der Waals surface area contributed by atoms with Gasteiger partial charge in [-0.3, -0.25) is 4.79 Å². The van der Waals surface area contributed by atoms with Crippen LogP contribution in [0.4, 0.5) is 4.39 Å². The number of carbonyl (C=O) groups excluding carboxylic acids is 1. The van der Waals surface area contributed by atoms with Crippen molar-refractivity contribution in [3.8, 4) is 11.5 Å². The zero-order valence-corrected chi connectivity index (χ0v) is 16.5. The first kappa shape index (κ1) is 19.3. The highest BCUT2D eigenvalue weighted by molar-refractivity contribution is 5.96. The third-order valence-corrected chi connectivity index (χ3v) is 5.48. The van der Waals surface area contributed by atoms with Crippen LogP contribution < -0.4 is 0 Å². The van der Waals surface area contributed by atoms with Gasteiger partial charge in [0.05, 0.1) is 5.69 Å². The van der Waals surface area contributed by atoms with Gasteiger partial charge in [0.25, 0.3) is 11.8 Å². The molecule has 2 aromatic heterocycles. The number of amides is 1. The Morgan fingerprint density at radius 1 is 1.14 bits per heavy atom. The molecule has 4 rings (SSSR count). The van der Waals surface area contributed by atoms with Gasteiger partial charge in [-0.05, 0) is 63.3 Å². The summed E-state index contributed by atoms with van der Waals surface area (Å²) in [4.78, 5) is 19.0. The lowest BCUT2D eigenvalue weighted by atomic mass is 9.91. The minimum Gasteiger partial charge on any atom is -0.361 e. The molecule has 0 saturated carbocycles. The number of hydrogen-bond acceptors (Lipinski definition) is 6. The molecule has 3 aromatic rings. The first-order chi connectivity index (χ1) is 14.0. The smallest absolute Gasteiger partial charge is 0.259 e. The zero-order valence-electron chi connectivity index (χ0n) is 16.5. The van der Waals surface area contributed by atoms with E-state index in [1.165, 1.54) is 12.1 Å². The summed E-state index contributed by atoms with van der Waals surface area (Å²) in [6.07, 6.45) is 3.54. The number of likely N-dealkylation sites (tertiary alicyclic amines) is 1. The summed E-state index contributed by atoms with van der Waals surface area (Å²) in [7, 11) is 0. The normalized spacial score (nSPS) is 15.1. The van der Waals surface area contributed by atoms with E-state index in [9.17, 15) is 9.18 Å². The van der Waals surface area contributed by atoms with Crippen molar-refractivity contribution in [3.63, 3.8) is 0 Å². The summed E-state index contributed by atoms with van der Waals surface area (Å²) in [5.41, 5.74) is 1.93. The van der Waals surface area contributed by atoms with Gasteiger partial charge >= 0.3 is 0 Å². The second-order valence-corrected chi connectivity index (χ2v) is 7.50. The Morgan fingerprint density at radius 3 is 2.52 bits per heavy atom. The first-order valence-electron chi connectivity index (χ1n) is 9.82. The van der Waals surface area contributed by atoms with Crippen LogP contribution in [0.2, 0.25) is 0 Å². The van der Waals surface area contributed by atoms with Crippen LogP contribution in [0.5, 0.6) is 0 Å². The number of rotatable bonds is 5. The minimum absolute atomic E-state index is 0.00167. The fraction of sp³-hybridized carbons (Fsp3) is 0.429. The quantitative estimate of drug-likeness (QED) is 0.647. The second kappa shape index (κ2) is 8.14. The SMILES string of the molecule is Cc1noc(C)c1C(=O)N1CCC(CCc2noc(-c3ccc(F)cc3)n2)CC1. The van der Waals surface area contributed by atoms with Crippen molar-refractivity contribution >= 4 is 5.91 Å². The molecule has 8 heteroatoms. The molecule has 0 atom stereocenters. The number of benzene rings is 1. The van der Waals surface area contributed by atoms with Gasteiger partial charge in [0, 0.05) is 25.1 Å². The highest BCUT2D eigenvalue weighted by Crippen LogP contribution is 2.25. The van der Waals surface area contributed by atoms with E-state index in [0.717, 1.165) is 32.4 Å². The highest BCUT2D eigenvalue weighted by Gasteiger charge is 2.27. The number of carbonyl (C=O) groups is 1. The minimum atomic E-state index is -0.298. The van der Waals surface area contributed by atoms with Gasteiger partial charge in [-0.2, -0.15) is 4.98 Å². The van der Waals surface area contributed by atoms with Crippen molar-refractivity contribution in [2.45, 2.75) is 39.5 Å². The third kappa shape index (κ3) is 4.21. The molecule has 0 radical (unpaired) electrons. The van der Waals surface area contributed by atoms with E-state index in [1.54, 1.807) is 26.0 Å². The molecule has 1 aliphatic heterocycles.